The topological polar surface area (TPSA) is 142 Å². The molecule has 156 valence electrons. The van der Waals surface area contributed by atoms with Crippen LogP contribution in [0.25, 0.3) is 0 Å². The first kappa shape index (κ1) is 21.2. The van der Waals surface area contributed by atoms with Gasteiger partial charge in [0, 0.05) is 11.4 Å². The van der Waals surface area contributed by atoms with E-state index in [-0.39, 0.29) is 21.2 Å². The Morgan fingerprint density at radius 3 is 2.45 bits per heavy atom. The van der Waals surface area contributed by atoms with Crippen LogP contribution in [0.1, 0.15) is 26.2 Å². The number of hydrogen-bond donors (Lipinski definition) is 3. The van der Waals surface area contributed by atoms with Crippen molar-refractivity contribution in [3.05, 3.63) is 45.6 Å². The summed E-state index contributed by atoms with van der Waals surface area (Å²) in [6.45, 7) is -0.285. The van der Waals surface area contributed by atoms with Gasteiger partial charge in [-0.2, -0.15) is 4.31 Å². The van der Waals surface area contributed by atoms with Gasteiger partial charge in [-0.1, -0.05) is 0 Å². The van der Waals surface area contributed by atoms with Crippen molar-refractivity contribution in [3.63, 3.8) is 0 Å². The lowest BCUT2D eigenvalue weighted by Gasteiger charge is -2.36. The van der Waals surface area contributed by atoms with Gasteiger partial charge in [-0.05, 0) is 35.9 Å². The Bertz CT molecular complexity index is 1030. The lowest BCUT2D eigenvalue weighted by atomic mass is 10.0. The lowest BCUT2D eigenvalue weighted by Crippen LogP contribution is -2.53. The van der Waals surface area contributed by atoms with E-state index in [0.717, 1.165) is 15.6 Å². The van der Waals surface area contributed by atoms with Crippen LogP contribution in [0.2, 0.25) is 0 Å². The molecule has 12 heteroatoms. The summed E-state index contributed by atoms with van der Waals surface area (Å²) < 4.78 is 36.8. The minimum absolute atomic E-state index is 0.131. The molecule has 0 saturated heterocycles. The molecule has 0 saturated carbocycles. The number of methoxy groups -OCH3 is 2. The largest absolute Gasteiger partial charge is 0.497 e. The second-order valence-corrected chi connectivity index (χ2v) is 9.06. The van der Waals surface area contributed by atoms with Gasteiger partial charge in [0.25, 0.3) is 5.91 Å². The second kappa shape index (κ2) is 8.08. The van der Waals surface area contributed by atoms with E-state index < -0.39 is 34.0 Å². The van der Waals surface area contributed by atoms with Crippen molar-refractivity contribution >= 4 is 33.2 Å². The quantitative estimate of drug-likeness (QED) is 0.348. The summed E-state index contributed by atoms with van der Waals surface area (Å²) in [4.78, 5) is 24.3. The number of carbonyl (C=O) groups is 2. The summed E-state index contributed by atoms with van der Waals surface area (Å²) in [5.41, 5.74) is 1.76. The molecule has 0 spiro atoms. The van der Waals surface area contributed by atoms with E-state index in [1.165, 1.54) is 50.0 Å². The molecule has 3 N–H and O–H groups in total. The Hall–Kier alpha value is -2.51. The zero-order valence-corrected chi connectivity index (χ0v) is 17.0. The smallest absolute Gasteiger partial charge is 0.348 e. The van der Waals surface area contributed by atoms with Crippen molar-refractivity contribution in [3.8, 4) is 5.75 Å². The molecule has 1 amide bonds. The fourth-order valence-corrected chi connectivity index (χ4v) is 5.72. The fraction of sp³-hybridized carbons (Fsp3) is 0.294. The summed E-state index contributed by atoms with van der Waals surface area (Å²) in [5, 5.41) is 19.8. The van der Waals surface area contributed by atoms with E-state index >= 15 is 0 Å². The zero-order chi connectivity index (χ0) is 21.3. The number of aliphatic hydroxyl groups is 1. The van der Waals surface area contributed by atoms with Crippen molar-refractivity contribution in [1.29, 1.82) is 0 Å². The van der Waals surface area contributed by atoms with E-state index in [9.17, 15) is 23.1 Å². The Balaban J connectivity index is 2.08. The third-order valence-corrected chi connectivity index (χ3v) is 7.55. The SMILES string of the molecule is COC(=O)c1cc2c(s1)C(O)C(C(=O)NO)N(S(=O)(=O)c1ccc(OC)cc1)C2. The second-order valence-electron chi connectivity index (χ2n) is 6.08. The molecular formula is C17H18N2O8S2. The van der Waals surface area contributed by atoms with Crippen LogP contribution in [-0.2, 0) is 26.1 Å². The molecule has 2 aromatic rings. The molecule has 1 aromatic carbocycles. The maximum Gasteiger partial charge on any atom is 0.348 e. The van der Waals surface area contributed by atoms with Gasteiger partial charge in [-0.25, -0.2) is 18.7 Å². The molecule has 3 rings (SSSR count). The van der Waals surface area contributed by atoms with Crippen molar-refractivity contribution in [2.75, 3.05) is 14.2 Å². The Morgan fingerprint density at radius 2 is 1.90 bits per heavy atom. The minimum Gasteiger partial charge on any atom is -0.497 e. The highest BCUT2D eigenvalue weighted by Crippen LogP contribution is 2.40. The van der Waals surface area contributed by atoms with Crippen LogP contribution in [0, 0.1) is 0 Å². The number of esters is 1. The van der Waals surface area contributed by atoms with E-state index in [0.29, 0.717) is 11.3 Å². The molecule has 0 radical (unpaired) electrons. The number of ether oxygens (including phenoxy) is 2. The average Bonchev–Trinajstić information content (AvgIpc) is 3.17. The summed E-state index contributed by atoms with van der Waals surface area (Å²) in [5.74, 6) is -1.31. The summed E-state index contributed by atoms with van der Waals surface area (Å²) >= 11 is 0.897. The third kappa shape index (κ3) is 3.72. The number of fused-ring (bicyclic) bond motifs is 1. The molecule has 2 atom stereocenters. The van der Waals surface area contributed by atoms with Crippen LogP contribution in [-0.4, -0.2) is 55.2 Å². The van der Waals surface area contributed by atoms with Gasteiger partial charge in [-0.15, -0.1) is 11.3 Å². The molecule has 1 aromatic heterocycles. The predicted octanol–water partition coefficient (Wildman–Crippen LogP) is 0.655. The van der Waals surface area contributed by atoms with Gasteiger partial charge in [0.1, 0.15) is 22.8 Å². The zero-order valence-electron chi connectivity index (χ0n) is 15.4. The Labute approximate surface area is 170 Å². The Morgan fingerprint density at radius 1 is 1.24 bits per heavy atom. The number of amides is 1. The number of nitrogens with zero attached hydrogens (tertiary/aromatic N) is 1. The molecule has 1 aliphatic heterocycles. The number of aliphatic hydroxyl groups excluding tert-OH is 1. The summed E-state index contributed by atoms with van der Waals surface area (Å²) in [6.07, 6.45) is -1.60. The average molecular weight is 442 g/mol. The number of nitrogens with one attached hydrogen (secondary N) is 1. The number of hydrogen-bond acceptors (Lipinski definition) is 9. The van der Waals surface area contributed by atoms with Crippen molar-refractivity contribution in [2.24, 2.45) is 0 Å². The summed E-state index contributed by atoms with van der Waals surface area (Å²) in [6, 6.07) is 5.27. The maximum atomic E-state index is 13.2. The molecule has 0 aliphatic carbocycles. The van der Waals surface area contributed by atoms with E-state index in [1.54, 1.807) is 0 Å². The van der Waals surface area contributed by atoms with Crippen molar-refractivity contribution < 1.29 is 37.8 Å². The number of thiophene rings is 1. The molecule has 10 nitrogen and oxygen atoms in total. The van der Waals surface area contributed by atoms with E-state index in [4.69, 9.17) is 9.94 Å². The van der Waals surface area contributed by atoms with Crippen LogP contribution < -0.4 is 10.2 Å². The minimum atomic E-state index is -4.25. The molecule has 2 unspecified atom stereocenters. The normalized spacial score (nSPS) is 19.3. The first-order chi connectivity index (χ1) is 13.7. The molecule has 0 bridgehead atoms. The van der Waals surface area contributed by atoms with Gasteiger partial charge in [0.05, 0.1) is 19.1 Å². The maximum absolute atomic E-state index is 13.2. The third-order valence-electron chi connectivity index (χ3n) is 4.48. The van der Waals surface area contributed by atoms with Crippen LogP contribution in [0.5, 0.6) is 5.75 Å². The molecule has 2 heterocycles. The number of carbonyl (C=O) groups excluding carboxylic acids is 2. The highest BCUT2D eigenvalue weighted by atomic mass is 32.2. The van der Waals surface area contributed by atoms with E-state index in [1.807, 2.05) is 0 Å². The van der Waals surface area contributed by atoms with Gasteiger partial charge >= 0.3 is 5.97 Å². The van der Waals surface area contributed by atoms with Crippen LogP contribution in [0.3, 0.4) is 0 Å². The van der Waals surface area contributed by atoms with Crippen LogP contribution in [0.4, 0.5) is 0 Å². The van der Waals surface area contributed by atoms with Crippen LogP contribution >= 0.6 is 11.3 Å². The summed E-state index contributed by atoms with van der Waals surface area (Å²) in [7, 11) is -1.62. The molecular weight excluding hydrogens is 424 g/mol. The highest BCUT2D eigenvalue weighted by molar-refractivity contribution is 7.89. The lowest BCUT2D eigenvalue weighted by molar-refractivity contribution is -0.137. The number of sulfonamides is 1. The highest BCUT2D eigenvalue weighted by Gasteiger charge is 2.46. The van der Waals surface area contributed by atoms with E-state index in [2.05, 4.69) is 4.74 Å². The van der Waals surface area contributed by atoms with Gasteiger partial charge in [0.2, 0.25) is 10.0 Å². The first-order valence-corrected chi connectivity index (χ1v) is 10.5. The first-order valence-electron chi connectivity index (χ1n) is 8.23. The monoisotopic (exact) mass is 442 g/mol. The molecule has 29 heavy (non-hydrogen) atoms. The molecule has 0 fully saturated rings. The van der Waals surface area contributed by atoms with Crippen LogP contribution in [0.15, 0.2) is 35.2 Å². The number of rotatable bonds is 5. The predicted molar refractivity (Wildman–Crippen MR) is 100 cm³/mol. The fourth-order valence-electron chi connectivity index (χ4n) is 3.04. The number of hydroxylamine groups is 1. The Kier molecular flexibility index (Phi) is 5.91. The van der Waals surface area contributed by atoms with Crippen molar-refractivity contribution in [2.45, 2.75) is 23.6 Å². The van der Waals surface area contributed by atoms with Gasteiger partial charge in [-0.3, -0.25) is 10.0 Å². The van der Waals surface area contributed by atoms with Crippen molar-refractivity contribution in [1.82, 2.24) is 9.79 Å². The van der Waals surface area contributed by atoms with Gasteiger partial charge < -0.3 is 14.6 Å². The number of benzene rings is 1. The molecule has 1 aliphatic rings. The standard InChI is InChI=1S/C17H18N2O8S2/c1-26-10-3-5-11(6-4-10)29(24,25)19-8-9-7-12(17(22)27-2)28-15(9)14(20)13(19)16(21)18-23/h3-7,13-14,20,23H,8H2,1-2H3,(H,18,21). The van der Waals surface area contributed by atoms with Gasteiger partial charge in [0.15, 0.2) is 0 Å².